The number of ether oxygens (including phenoxy) is 2. The highest BCUT2D eigenvalue weighted by Gasteiger charge is 2.46. The Kier molecular flexibility index (Phi) is 7.35. The van der Waals surface area contributed by atoms with Gasteiger partial charge in [0.15, 0.2) is 17.7 Å². The minimum atomic E-state index is -0.670. The molecule has 2 aromatic heterocycles. The van der Waals surface area contributed by atoms with E-state index in [4.69, 9.17) is 19.4 Å². The van der Waals surface area contributed by atoms with Crippen LogP contribution in [0.2, 0.25) is 0 Å². The maximum atomic E-state index is 13.9. The molecule has 0 saturated carbocycles. The molecule has 4 heterocycles. The Morgan fingerprint density at radius 2 is 1.65 bits per heavy atom. The molecule has 1 aromatic carbocycles. The SMILES string of the molecule is CCN(CC)C[C@H]1CO[C@H]2c3nc4c5ccccc5n(C)c4nc3N(C)C(=O)N2[C@@H](CN(CC)CC)O1. The van der Waals surface area contributed by atoms with Gasteiger partial charge in [0.25, 0.3) is 0 Å². The molecule has 5 rings (SSSR count). The molecule has 37 heavy (non-hydrogen) atoms. The van der Waals surface area contributed by atoms with E-state index in [2.05, 4.69) is 49.6 Å². The van der Waals surface area contributed by atoms with Crippen LogP contribution in [0.1, 0.15) is 39.6 Å². The van der Waals surface area contributed by atoms with Crippen molar-refractivity contribution in [1.29, 1.82) is 0 Å². The molecule has 0 radical (unpaired) electrons. The summed E-state index contributed by atoms with van der Waals surface area (Å²) in [5.74, 6) is 0.536. The summed E-state index contributed by atoms with van der Waals surface area (Å²) >= 11 is 0. The van der Waals surface area contributed by atoms with E-state index in [0.717, 1.165) is 54.8 Å². The highest BCUT2D eigenvalue weighted by atomic mass is 16.6. The van der Waals surface area contributed by atoms with Crippen molar-refractivity contribution in [2.75, 3.05) is 57.8 Å². The monoisotopic (exact) mass is 509 g/mol. The van der Waals surface area contributed by atoms with Gasteiger partial charge in [0.1, 0.15) is 17.4 Å². The van der Waals surface area contributed by atoms with E-state index >= 15 is 0 Å². The van der Waals surface area contributed by atoms with Crippen molar-refractivity contribution < 1.29 is 14.3 Å². The smallest absolute Gasteiger partial charge is 0.329 e. The fourth-order valence-corrected chi connectivity index (χ4v) is 5.49. The Morgan fingerprint density at radius 3 is 2.35 bits per heavy atom. The number of fused-ring (bicyclic) bond motifs is 6. The lowest BCUT2D eigenvalue weighted by Gasteiger charge is -2.42. The molecule has 0 N–H and O–H groups in total. The molecule has 1 saturated heterocycles. The van der Waals surface area contributed by atoms with Gasteiger partial charge in [0.2, 0.25) is 0 Å². The molecule has 1 fully saturated rings. The maximum Gasteiger partial charge on any atom is 0.329 e. The molecule has 200 valence electrons. The molecular formula is C27H39N7O3. The van der Waals surface area contributed by atoms with Gasteiger partial charge in [0.05, 0.1) is 18.2 Å². The summed E-state index contributed by atoms with van der Waals surface area (Å²) < 4.78 is 15.2. The topological polar surface area (TPSA) is 79.2 Å². The van der Waals surface area contributed by atoms with Crippen LogP contribution in [-0.4, -0.2) is 101 Å². The van der Waals surface area contributed by atoms with Crippen molar-refractivity contribution in [3.8, 4) is 0 Å². The predicted molar refractivity (Wildman–Crippen MR) is 145 cm³/mol. The second-order valence-corrected chi connectivity index (χ2v) is 9.80. The summed E-state index contributed by atoms with van der Waals surface area (Å²) in [6, 6.07) is 7.96. The molecule has 2 aliphatic rings. The summed E-state index contributed by atoms with van der Waals surface area (Å²) in [6.07, 6.45) is -1.31. The Labute approximate surface area is 218 Å². The minimum Gasteiger partial charge on any atom is -0.350 e. The van der Waals surface area contributed by atoms with Gasteiger partial charge in [-0.3, -0.25) is 14.7 Å². The van der Waals surface area contributed by atoms with Gasteiger partial charge in [0, 0.05) is 32.6 Å². The number of aromatic nitrogens is 3. The summed E-state index contributed by atoms with van der Waals surface area (Å²) in [5, 5.41) is 1.03. The van der Waals surface area contributed by atoms with Crippen LogP contribution in [0.25, 0.3) is 22.1 Å². The Hall–Kier alpha value is -2.79. The van der Waals surface area contributed by atoms with E-state index in [0.29, 0.717) is 24.7 Å². The molecule has 3 atom stereocenters. The lowest BCUT2D eigenvalue weighted by atomic mass is 10.2. The third-order valence-corrected chi connectivity index (χ3v) is 7.80. The van der Waals surface area contributed by atoms with E-state index in [1.807, 2.05) is 23.7 Å². The molecule has 0 spiro atoms. The van der Waals surface area contributed by atoms with E-state index in [-0.39, 0.29) is 12.1 Å². The lowest BCUT2D eigenvalue weighted by molar-refractivity contribution is -0.100. The number of aryl methyl sites for hydroxylation is 1. The van der Waals surface area contributed by atoms with Gasteiger partial charge < -0.3 is 18.9 Å². The molecule has 0 unspecified atom stereocenters. The molecule has 10 heteroatoms. The third kappa shape index (κ3) is 4.46. The second kappa shape index (κ2) is 10.5. The minimum absolute atomic E-state index is 0.165. The summed E-state index contributed by atoms with van der Waals surface area (Å²) in [6.45, 7) is 13.9. The van der Waals surface area contributed by atoms with E-state index in [1.54, 1.807) is 16.8 Å². The van der Waals surface area contributed by atoms with Crippen LogP contribution in [-0.2, 0) is 16.5 Å². The number of nitrogens with zero attached hydrogens (tertiary/aromatic N) is 7. The first-order chi connectivity index (χ1) is 17.9. The molecule has 2 aliphatic heterocycles. The zero-order valence-electron chi connectivity index (χ0n) is 22.8. The summed E-state index contributed by atoms with van der Waals surface area (Å²) in [5.41, 5.74) is 3.27. The normalized spacial score (nSPS) is 22.3. The number of hydrogen-bond acceptors (Lipinski definition) is 7. The molecule has 3 aromatic rings. The zero-order valence-corrected chi connectivity index (χ0v) is 22.8. The summed E-state index contributed by atoms with van der Waals surface area (Å²) in [4.78, 5) is 31.9. The van der Waals surface area contributed by atoms with Crippen LogP contribution in [0.15, 0.2) is 24.3 Å². The first-order valence-electron chi connectivity index (χ1n) is 13.4. The number of benzene rings is 1. The number of para-hydroxylation sites is 1. The predicted octanol–water partition coefficient (Wildman–Crippen LogP) is 3.42. The Balaban J connectivity index is 1.62. The molecule has 10 nitrogen and oxygen atoms in total. The first kappa shape index (κ1) is 25.8. The van der Waals surface area contributed by atoms with Gasteiger partial charge in [-0.15, -0.1) is 0 Å². The van der Waals surface area contributed by atoms with Crippen molar-refractivity contribution in [2.45, 2.75) is 46.3 Å². The van der Waals surface area contributed by atoms with Crippen LogP contribution in [0, 0.1) is 0 Å². The van der Waals surface area contributed by atoms with Gasteiger partial charge in [-0.25, -0.2) is 14.8 Å². The van der Waals surface area contributed by atoms with Crippen LogP contribution < -0.4 is 4.90 Å². The van der Waals surface area contributed by atoms with Gasteiger partial charge >= 0.3 is 6.03 Å². The quantitative estimate of drug-likeness (QED) is 0.460. The number of amides is 2. The number of rotatable bonds is 8. The van der Waals surface area contributed by atoms with Crippen LogP contribution in [0.3, 0.4) is 0 Å². The molecule has 2 amide bonds. The zero-order chi connectivity index (χ0) is 26.3. The highest BCUT2D eigenvalue weighted by molar-refractivity contribution is 6.05. The van der Waals surface area contributed by atoms with E-state index in [1.165, 1.54) is 0 Å². The van der Waals surface area contributed by atoms with Crippen molar-refractivity contribution in [1.82, 2.24) is 29.2 Å². The number of hydrogen-bond donors (Lipinski definition) is 0. The standard InChI is InChI=1S/C27H39N7O3/c1-7-32(8-2)15-18-17-36-26-23-25(29-24-22(28-23)19-13-11-12-14-20(19)30(24)5)31(6)27(35)34(26)21(37-18)16-33(9-3)10-4/h11-14,18,21,26H,7-10,15-17H2,1-6H3/t18-,21+,26-/m0/s1. The van der Waals surface area contributed by atoms with Crippen molar-refractivity contribution in [3.05, 3.63) is 30.0 Å². The largest absolute Gasteiger partial charge is 0.350 e. The maximum absolute atomic E-state index is 13.9. The second-order valence-electron chi connectivity index (χ2n) is 9.80. The van der Waals surface area contributed by atoms with E-state index in [9.17, 15) is 4.79 Å². The number of likely N-dealkylation sites (N-methyl/N-ethyl adjacent to an activating group) is 2. The Bertz CT molecular complexity index is 1270. The van der Waals surface area contributed by atoms with Gasteiger partial charge in [-0.05, 0) is 32.2 Å². The number of carbonyl (C=O) groups excluding carboxylic acids is 1. The van der Waals surface area contributed by atoms with E-state index < -0.39 is 12.5 Å². The van der Waals surface area contributed by atoms with Crippen LogP contribution in [0.4, 0.5) is 10.6 Å². The average molecular weight is 510 g/mol. The molecule has 0 bridgehead atoms. The third-order valence-electron chi connectivity index (χ3n) is 7.80. The molecule has 0 aliphatic carbocycles. The fourth-order valence-electron chi connectivity index (χ4n) is 5.49. The van der Waals surface area contributed by atoms with Crippen LogP contribution >= 0.6 is 0 Å². The van der Waals surface area contributed by atoms with Gasteiger partial charge in [-0.1, -0.05) is 45.9 Å². The summed E-state index contributed by atoms with van der Waals surface area (Å²) in [7, 11) is 3.74. The molecular weight excluding hydrogens is 470 g/mol. The lowest BCUT2D eigenvalue weighted by Crippen LogP contribution is -2.56. The average Bonchev–Trinajstić information content (AvgIpc) is 3.07. The van der Waals surface area contributed by atoms with Crippen molar-refractivity contribution in [2.24, 2.45) is 7.05 Å². The van der Waals surface area contributed by atoms with Crippen LogP contribution in [0.5, 0.6) is 0 Å². The number of anilines is 1. The highest BCUT2D eigenvalue weighted by Crippen LogP contribution is 2.40. The Morgan fingerprint density at radius 1 is 0.973 bits per heavy atom. The van der Waals surface area contributed by atoms with Gasteiger partial charge in [-0.2, -0.15) is 0 Å². The van der Waals surface area contributed by atoms with Crippen molar-refractivity contribution >= 4 is 33.9 Å². The fraction of sp³-hybridized carbons (Fsp3) is 0.593. The van der Waals surface area contributed by atoms with Crippen molar-refractivity contribution in [3.63, 3.8) is 0 Å². The number of carbonyl (C=O) groups is 1. The first-order valence-corrected chi connectivity index (χ1v) is 13.4. The number of urea groups is 1.